The highest BCUT2D eigenvalue weighted by molar-refractivity contribution is 7.13. The molecule has 3 fully saturated rings. The van der Waals surface area contributed by atoms with Crippen LogP contribution in [0.15, 0.2) is 29.8 Å². The molecule has 3 aliphatic heterocycles. The van der Waals surface area contributed by atoms with Gasteiger partial charge in [0.2, 0.25) is 0 Å². The number of thiazole rings is 1. The summed E-state index contributed by atoms with van der Waals surface area (Å²) in [5.74, 6) is 0.529. The van der Waals surface area contributed by atoms with Gasteiger partial charge in [0.25, 0.3) is 0 Å². The Morgan fingerprint density at radius 3 is 2.65 bits per heavy atom. The van der Waals surface area contributed by atoms with E-state index in [1.165, 1.54) is 11.3 Å². The van der Waals surface area contributed by atoms with Crippen molar-refractivity contribution in [2.24, 2.45) is 0 Å². The van der Waals surface area contributed by atoms with Gasteiger partial charge in [-0.25, -0.2) is 9.78 Å². The number of rotatable bonds is 3. The Labute approximate surface area is 163 Å². The minimum atomic E-state index is -0.410. The van der Waals surface area contributed by atoms with Gasteiger partial charge < -0.3 is 16.6 Å². The van der Waals surface area contributed by atoms with E-state index in [-0.39, 0.29) is 13.0 Å². The third kappa shape index (κ3) is 3.72. The Morgan fingerprint density at radius 1 is 1.31 bits per heavy atom. The highest BCUT2D eigenvalue weighted by Gasteiger charge is 2.49. The molecule has 140 valence electrons. The van der Waals surface area contributed by atoms with Gasteiger partial charge in [0.05, 0.1) is 37.1 Å². The molecule has 1 aromatic carbocycles. The number of amides is 1. The molecule has 5 nitrogen and oxygen atoms in total. The predicted octanol–water partition coefficient (Wildman–Crippen LogP) is 4.85. The summed E-state index contributed by atoms with van der Waals surface area (Å²) < 4.78 is 6.99. The van der Waals surface area contributed by atoms with Crippen molar-refractivity contribution in [3.63, 3.8) is 0 Å². The number of quaternary nitrogens is 1. The molecule has 2 aromatic rings. The first-order valence-electron chi connectivity index (χ1n) is 8.50. The fourth-order valence-electron chi connectivity index (χ4n) is 3.77. The number of hydrogen-bond donors (Lipinski definition) is 1. The number of fused-ring (bicyclic) bond motifs is 3. The molecule has 7 heteroatoms. The number of carbonyl (C=O) groups excluding carboxylic acids is 1. The van der Waals surface area contributed by atoms with E-state index in [1.54, 1.807) is 5.51 Å². The van der Waals surface area contributed by atoms with Gasteiger partial charge in [0, 0.05) is 24.3 Å². The van der Waals surface area contributed by atoms with Crippen LogP contribution >= 0.6 is 22.9 Å². The Morgan fingerprint density at radius 2 is 2.00 bits per heavy atom. The molecule has 0 aliphatic carbocycles. The number of nitrogens with zero attached hydrogens (tertiary/aromatic N) is 2. The van der Waals surface area contributed by atoms with Gasteiger partial charge in [-0.3, -0.25) is 5.32 Å². The van der Waals surface area contributed by atoms with Crippen LogP contribution in [0.1, 0.15) is 19.3 Å². The van der Waals surface area contributed by atoms with Gasteiger partial charge in [-0.2, -0.15) is 0 Å². The lowest BCUT2D eigenvalue weighted by Crippen LogP contribution is -2.63. The number of nitrogens with one attached hydrogen (secondary N) is 1. The Hall–Kier alpha value is -1.63. The van der Waals surface area contributed by atoms with Crippen molar-refractivity contribution in [3.8, 4) is 10.4 Å². The normalized spacial score (nSPS) is 26.8. The van der Waals surface area contributed by atoms with Crippen LogP contribution in [-0.4, -0.2) is 47.8 Å². The van der Waals surface area contributed by atoms with Crippen molar-refractivity contribution in [1.82, 2.24) is 4.98 Å². The topological polar surface area (TPSA) is 51.2 Å². The standard InChI is InChI=1S/C18H20ClN3O2S.CH3/c1-22-8-5-18(6-9-22,7-10-22)24-17(23)21-16-15(25-12-20-16)13-3-2-4-14(19)11-13;/h2-4,11-12H,5-10H2,1H3;1H3/q;-1/p+1. The largest absolute Gasteiger partial charge is 0.442 e. The molecule has 2 bridgehead atoms. The molecular weight excluding hydrogens is 370 g/mol. The van der Waals surface area contributed by atoms with Crippen LogP contribution in [0.3, 0.4) is 0 Å². The predicted molar refractivity (Wildman–Crippen MR) is 106 cm³/mol. The summed E-state index contributed by atoms with van der Waals surface area (Å²) >= 11 is 7.54. The van der Waals surface area contributed by atoms with E-state index >= 15 is 0 Å². The summed E-state index contributed by atoms with van der Waals surface area (Å²) in [5, 5.41) is 3.49. The second-order valence-corrected chi connectivity index (χ2v) is 8.57. The van der Waals surface area contributed by atoms with Crippen LogP contribution < -0.4 is 5.32 Å². The van der Waals surface area contributed by atoms with Gasteiger partial charge in [0.15, 0.2) is 5.82 Å². The van der Waals surface area contributed by atoms with Crippen LogP contribution in [-0.2, 0) is 4.74 Å². The zero-order chi connectivity index (χ0) is 17.5. The highest BCUT2D eigenvalue weighted by Crippen LogP contribution is 2.39. The first-order chi connectivity index (χ1) is 12.0. The van der Waals surface area contributed by atoms with Crippen LogP contribution in [0.5, 0.6) is 0 Å². The third-order valence-corrected chi connectivity index (χ3v) is 6.62. The molecule has 1 amide bonds. The molecule has 0 saturated carbocycles. The molecule has 1 N–H and O–H groups in total. The Bertz CT molecular complexity index is 783. The van der Waals surface area contributed by atoms with Crippen LogP contribution in [0.25, 0.3) is 10.4 Å². The van der Waals surface area contributed by atoms with Gasteiger partial charge >= 0.3 is 6.09 Å². The molecule has 4 heterocycles. The minimum absolute atomic E-state index is 0. The van der Waals surface area contributed by atoms with Crippen molar-refractivity contribution in [2.75, 3.05) is 32.0 Å². The first-order valence-corrected chi connectivity index (χ1v) is 9.76. The van der Waals surface area contributed by atoms with Crippen molar-refractivity contribution in [1.29, 1.82) is 0 Å². The summed E-state index contributed by atoms with van der Waals surface area (Å²) in [6.45, 7) is 3.24. The lowest BCUT2D eigenvalue weighted by atomic mass is 9.81. The SMILES string of the molecule is C[N+]12CCC(OC(=O)Nc3ncsc3-c3cccc(Cl)c3)(CC1)CC2.[CH3-]. The van der Waals surface area contributed by atoms with E-state index < -0.39 is 6.09 Å². The lowest BCUT2D eigenvalue weighted by molar-refractivity contribution is -0.926. The maximum absolute atomic E-state index is 12.5. The fourth-order valence-corrected chi connectivity index (χ4v) is 4.71. The molecule has 26 heavy (non-hydrogen) atoms. The zero-order valence-corrected chi connectivity index (χ0v) is 16.7. The molecular formula is C19H24ClN3O2S. The highest BCUT2D eigenvalue weighted by atomic mass is 35.5. The Balaban J connectivity index is 0.00000196. The maximum Gasteiger partial charge on any atom is 0.413 e. The second kappa shape index (κ2) is 7.18. The smallest absolute Gasteiger partial charge is 0.413 e. The molecule has 5 rings (SSSR count). The number of ether oxygens (including phenoxy) is 1. The Kier molecular flexibility index (Phi) is 5.28. The summed E-state index contributed by atoms with van der Waals surface area (Å²) in [5.41, 5.74) is 2.35. The fraction of sp³-hybridized carbons (Fsp3) is 0.421. The number of anilines is 1. The average Bonchev–Trinajstić information content (AvgIpc) is 3.04. The second-order valence-electron chi connectivity index (χ2n) is 7.28. The number of carbonyl (C=O) groups is 1. The van der Waals surface area contributed by atoms with E-state index in [0.717, 1.165) is 53.8 Å². The molecule has 3 aliphatic rings. The van der Waals surface area contributed by atoms with Crippen LogP contribution in [0, 0.1) is 7.43 Å². The van der Waals surface area contributed by atoms with E-state index in [9.17, 15) is 4.79 Å². The maximum atomic E-state index is 12.5. The molecule has 0 unspecified atom stereocenters. The average molecular weight is 394 g/mol. The minimum Gasteiger partial charge on any atom is -0.442 e. The number of piperidine rings is 3. The number of aromatic nitrogens is 1. The third-order valence-electron chi connectivity index (χ3n) is 5.51. The van der Waals surface area contributed by atoms with E-state index in [4.69, 9.17) is 16.3 Å². The summed E-state index contributed by atoms with van der Waals surface area (Å²) in [7, 11) is 2.29. The molecule has 3 saturated heterocycles. The number of halogens is 1. The van der Waals surface area contributed by atoms with Crippen molar-refractivity contribution < 1.29 is 14.0 Å². The summed E-state index contributed by atoms with van der Waals surface area (Å²) in [6.07, 6.45) is 2.41. The molecule has 0 atom stereocenters. The quantitative estimate of drug-likeness (QED) is 0.599. The summed E-state index contributed by atoms with van der Waals surface area (Å²) in [4.78, 5) is 17.7. The molecule has 1 aromatic heterocycles. The van der Waals surface area contributed by atoms with Crippen molar-refractivity contribution >= 4 is 34.8 Å². The van der Waals surface area contributed by atoms with Gasteiger partial charge in [0.1, 0.15) is 5.60 Å². The zero-order valence-electron chi connectivity index (χ0n) is 15.1. The van der Waals surface area contributed by atoms with E-state index in [1.807, 2.05) is 24.3 Å². The monoisotopic (exact) mass is 393 g/mol. The number of hydrogen-bond acceptors (Lipinski definition) is 4. The van der Waals surface area contributed by atoms with Crippen LogP contribution in [0.2, 0.25) is 5.02 Å². The van der Waals surface area contributed by atoms with Crippen molar-refractivity contribution in [2.45, 2.75) is 24.9 Å². The number of benzene rings is 1. The molecule has 0 spiro atoms. The van der Waals surface area contributed by atoms with E-state index in [0.29, 0.717) is 10.8 Å². The van der Waals surface area contributed by atoms with Gasteiger partial charge in [-0.1, -0.05) is 23.7 Å². The lowest BCUT2D eigenvalue weighted by Gasteiger charge is -2.51. The van der Waals surface area contributed by atoms with Crippen LogP contribution in [0.4, 0.5) is 10.6 Å². The molecule has 0 radical (unpaired) electrons. The van der Waals surface area contributed by atoms with Gasteiger partial charge in [-0.15, -0.1) is 11.3 Å². The van der Waals surface area contributed by atoms with E-state index in [2.05, 4.69) is 17.3 Å². The van der Waals surface area contributed by atoms with Crippen molar-refractivity contribution in [3.05, 3.63) is 42.2 Å². The summed E-state index contributed by atoms with van der Waals surface area (Å²) in [6, 6.07) is 7.53. The first kappa shape index (κ1) is 19.1. The van der Waals surface area contributed by atoms with Gasteiger partial charge in [-0.05, 0) is 17.7 Å².